The van der Waals surface area contributed by atoms with E-state index < -0.39 is 0 Å². The average molecular weight is 279 g/mol. The zero-order valence-corrected chi connectivity index (χ0v) is 13.0. The van der Waals surface area contributed by atoms with Gasteiger partial charge in [0, 0.05) is 23.7 Å². The number of aryl methyl sites for hydroxylation is 1. The first-order chi connectivity index (χ1) is 9.38. The fourth-order valence-electron chi connectivity index (χ4n) is 2.63. The predicted molar refractivity (Wildman–Crippen MR) is 81.0 cm³/mol. The summed E-state index contributed by atoms with van der Waals surface area (Å²) in [5, 5.41) is 14.4. The Morgan fingerprint density at radius 1 is 1.35 bits per heavy atom. The van der Waals surface area contributed by atoms with Crippen molar-refractivity contribution >= 4 is 5.69 Å². The zero-order chi connectivity index (χ0) is 15.3. The molecule has 5 heteroatoms. The van der Waals surface area contributed by atoms with Crippen molar-refractivity contribution in [2.24, 2.45) is 5.92 Å². The molecule has 5 nitrogen and oxygen atoms in total. The van der Waals surface area contributed by atoms with Crippen molar-refractivity contribution in [1.82, 2.24) is 10.3 Å². The highest BCUT2D eigenvalue weighted by Crippen LogP contribution is 2.28. The number of pyridine rings is 1. The van der Waals surface area contributed by atoms with Crippen molar-refractivity contribution in [2.45, 2.75) is 53.0 Å². The maximum atomic E-state index is 10.9. The molecule has 2 atom stereocenters. The van der Waals surface area contributed by atoms with Crippen LogP contribution in [-0.4, -0.2) is 22.5 Å². The monoisotopic (exact) mass is 279 g/mol. The summed E-state index contributed by atoms with van der Waals surface area (Å²) >= 11 is 0. The Morgan fingerprint density at radius 3 is 2.45 bits per heavy atom. The third-order valence-electron chi connectivity index (χ3n) is 3.59. The lowest BCUT2D eigenvalue weighted by Crippen LogP contribution is -2.35. The van der Waals surface area contributed by atoms with E-state index in [2.05, 4.69) is 38.0 Å². The summed E-state index contributed by atoms with van der Waals surface area (Å²) in [4.78, 5) is 14.9. The van der Waals surface area contributed by atoms with E-state index in [0.717, 1.165) is 18.7 Å². The Kier molecular flexibility index (Phi) is 6.07. The predicted octanol–water partition coefficient (Wildman–Crippen LogP) is 3.43. The molecule has 0 saturated heterocycles. The summed E-state index contributed by atoms with van der Waals surface area (Å²) in [7, 11) is 0. The molecule has 1 N–H and O–H groups in total. The molecule has 0 aliphatic carbocycles. The molecule has 1 heterocycles. The molecule has 0 saturated carbocycles. The van der Waals surface area contributed by atoms with Crippen LogP contribution in [0.4, 0.5) is 5.69 Å². The van der Waals surface area contributed by atoms with E-state index in [-0.39, 0.29) is 16.5 Å². The molecule has 20 heavy (non-hydrogen) atoms. The largest absolute Gasteiger partial charge is 0.314 e. The van der Waals surface area contributed by atoms with Gasteiger partial charge in [-0.3, -0.25) is 15.1 Å². The molecule has 0 aromatic carbocycles. The van der Waals surface area contributed by atoms with Crippen molar-refractivity contribution in [2.75, 3.05) is 6.54 Å². The second-order valence-electron chi connectivity index (χ2n) is 5.61. The Hall–Kier alpha value is -1.49. The molecule has 0 bridgehead atoms. The standard InChI is InChI=1S/C15H25N3O2/c1-6-9-16-12(5)15(10(2)3)13-7-8-14(18(19)20)11(4)17-13/h7-8,10,12,15-16H,6,9H2,1-5H3. The highest BCUT2D eigenvalue weighted by molar-refractivity contribution is 5.36. The lowest BCUT2D eigenvalue weighted by atomic mass is 9.85. The van der Waals surface area contributed by atoms with Gasteiger partial charge in [-0.1, -0.05) is 20.8 Å². The van der Waals surface area contributed by atoms with Crippen LogP contribution in [0.2, 0.25) is 0 Å². The minimum atomic E-state index is -0.380. The average Bonchev–Trinajstić information content (AvgIpc) is 2.35. The van der Waals surface area contributed by atoms with Crippen LogP contribution in [0.3, 0.4) is 0 Å². The molecular formula is C15H25N3O2. The van der Waals surface area contributed by atoms with Crippen LogP contribution < -0.4 is 5.32 Å². The zero-order valence-electron chi connectivity index (χ0n) is 13.0. The number of nitrogens with zero attached hydrogens (tertiary/aromatic N) is 2. The maximum absolute atomic E-state index is 10.9. The third kappa shape index (κ3) is 4.00. The summed E-state index contributed by atoms with van der Waals surface area (Å²) in [5.41, 5.74) is 1.51. The van der Waals surface area contributed by atoms with Gasteiger partial charge in [0.2, 0.25) is 0 Å². The molecule has 0 aliphatic heterocycles. The molecular weight excluding hydrogens is 254 g/mol. The Morgan fingerprint density at radius 2 is 2.00 bits per heavy atom. The van der Waals surface area contributed by atoms with Crippen molar-refractivity contribution in [3.63, 3.8) is 0 Å². The number of hydrogen-bond donors (Lipinski definition) is 1. The van der Waals surface area contributed by atoms with Crippen LogP contribution in [0.25, 0.3) is 0 Å². The second kappa shape index (κ2) is 7.33. The van der Waals surface area contributed by atoms with E-state index in [1.54, 1.807) is 19.1 Å². The Balaban J connectivity index is 3.03. The smallest absolute Gasteiger partial charge is 0.290 e. The van der Waals surface area contributed by atoms with E-state index in [0.29, 0.717) is 17.7 Å². The van der Waals surface area contributed by atoms with E-state index in [1.807, 2.05) is 0 Å². The minimum Gasteiger partial charge on any atom is -0.314 e. The van der Waals surface area contributed by atoms with Crippen molar-refractivity contribution < 1.29 is 4.92 Å². The van der Waals surface area contributed by atoms with Crippen LogP contribution >= 0.6 is 0 Å². The first-order valence-electron chi connectivity index (χ1n) is 7.23. The number of aromatic nitrogens is 1. The normalized spacial score (nSPS) is 14.3. The Labute approximate surface area is 121 Å². The van der Waals surface area contributed by atoms with E-state index in [1.165, 1.54) is 0 Å². The van der Waals surface area contributed by atoms with Gasteiger partial charge >= 0.3 is 0 Å². The van der Waals surface area contributed by atoms with Crippen LogP contribution in [-0.2, 0) is 0 Å². The molecule has 0 spiro atoms. The minimum absolute atomic E-state index is 0.0884. The van der Waals surface area contributed by atoms with Gasteiger partial charge in [0.15, 0.2) is 0 Å². The summed E-state index contributed by atoms with van der Waals surface area (Å²) in [6, 6.07) is 3.66. The van der Waals surface area contributed by atoms with Crippen LogP contribution in [0.5, 0.6) is 0 Å². The third-order valence-corrected chi connectivity index (χ3v) is 3.59. The molecule has 112 valence electrons. The lowest BCUT2D eigenvalue weighted by molar-refractivity contribution is -0.385. The topological polar surface area (TPSA) is 68.1 Å². The van der Waals surface area contributed by atoms with E-state index >= 15 is 0 Å². The van der Waals surface area contributed by atoms with Crippen molar-refractivity contribution in [3.05, 3.63) is 33.6 Å². The fourth-order valence-corrected chi connectivity index (χ4v) is 2.63. The maximum Gasteiger partial charge on any atom is 0.290 e. The van der Waals surface area contributed by atoms with Crippen LogP contribution in [0, 0.1) is 23.0 Å². The number of rotatable bonds is 7. The van der Waals surface area contributed by atoms with Gasteiger partial charge < -0.3 is 5.32 Å². The van der Waals surface area contributed by atoms with Gasteiger partial charge in [0.1, 0.15) is 5.69 Å². The quantitative estimate of drug-likeness (QED) is 0.613. The van der Waals surface area contributed by atoms with Gasteiger partial charge in [0.25, 0.3) is 5.69 Å². The van der Waals surface area contributed by atoms with Gasteiger partial charge in [-0.05, 0) is 38.8 Å². The van der Waals surface area contributed by atoms with Crippen LogP contribution in [0.1, 0.15) is 51.4 Å². The van der Waals surface area contributed by atoms with E-state index in [9.17, 15) is 10.1 Å². The molecule has 0 radical (unpaired) electrons. The molecule has 1 aromatic heterocycles. The molecule has 0 fully saturated rings. The summed E-state index contributed by atoms with van der Waals surface area (Å²) < 4.78 is 0. The highest BCUT2D eigenvalue weighted by atomic mass is 16.6. The lowest BCUT2D eigenvalue weighted by Gasteiger charge is -2.28. The van der Waals surface area contributed by atoms with Gasteiger partial charge in [-0.2, -0.15) is 0 Å². The Bertz CT molecular complexity index is 460. The van der Waals surface area contributed by atoms with Crippen LogP contribution in [0.15, 0.2) is 12.1 Å². The fraction of sp³-hybridized carbons (Fsp3) is 0.667. The summed E-state index contributed by atoms with van der Waals surface area (Å²) in [6.45, 7) is 11.3. The van der Waals surface area contributed by atoms with E-state index in [4.69, 9.17) is 0 Å². The molecule has 0 aliphatic rings. The molecule has 1 rings (SSSR count). The SMILES string of the molecule is CCCNC(C)C(c1ccc([N+](=O)[O-])c(C)n1)C(C)C. The molecule has 1 aromatic rings. The molecule has 0 amide bonds. The highest BCUT2D eigenvalue weighted by Gasteiger charge is 2.25. The first-order valence-corrected chi connectivity index (χ1v) is 7.23. The summed E-state index contributed by atoms with van der Waals surface area (Å²) in [5.74, 6) is 0.670. The van der Waals surface area contributed by atoms with Crippen molar-refractivity contribution in [1.29, 1.82) is 0 Å². The first kappa shape index (κ1) is 16.6. The van der Waals surface area contributed by atoms with Gasteiger partial charge in [-0.15, -0.1) is 0 Å². The molecule has 2 unspecified atom stereocenters. The van der Waals surface area contributed by atoms with Gasteiger partial charge in [-0.25, -0.2) is 0 Å². The second-order valence-corrected chi connectivity index (χ2v) is 5.61. The summed E-state index contributed by atoms with van der Waals surface area (Å²) in [6.07, 6.45) is 1.09. The number of nitro groups is 1. The van der Waals surface area contributed by atoms with Crippen molar-refractivity contribution in [3.8, 4) is 0 Å². The van der Waals surface area contributed by atoms with Gasteiger partial charge in [0.05, 0.1) is 4.92 Å². The number of hydrogen-bond acceptors (Lipinski definition) is 4. The number of nitrogens with one attached hydrogen (secondary N) is 1.